The van der Waals surface area contributed by atoms with Gasteiger partial charge in [0, 0.05) is 61.8 Å². The van der Waals surface area contributed by atoms with Gasteiger partial charge in [-0.05, 0) is 6.07 Å². The molecular formula is C18H17N5O2. The highest BCUT2D eigenvalue weighted by molar-refractivity contribution is 5.52. The summed E-state index contributed by atoms with van der Waals surface area (Å²) in [4.78, 5) is 19.3. The van der Waals surface area contributed by atoms with E-state index in [1.165, 1.54) is 12.4 Å². The lowest BCUT2D eigenvalue weighted by Crippen LogP contribution is -2.31. The van der Waals surface area contributed by atoms with E-state index in [0.717, 1.165) is 41.9 Å². The summed E-state index contributed by atoms with van der Waals surface area (Å²) in [6.07, 6.45) is 7.57. The van der Waals surface area contributed by atoms with E-state index in [4.69, 9.17) is 0 Å². The van der Waals surface area contributed by atoms with Gasteiger partial charge in [-0.1, -0.05) is 6.07 Å². The van der Waals surface area contributed by atoms with Gasteiger partial charge in [-0.25, -0.2) is 19.9 Å². The molecule has 126 valence electrons. The van der Waals surface area contributed by atoms with E-state index in [2.05, 4.69) is 24.8 Å². The van der Waals surface area contributed by atoms with E-state index < -0.39 is 0 Å². The van der Waals surface area contributed by atoms with Gasteiger partial charge in [0.15, 0.2) is 5.82 Å². The summed E-state index contributed by atoms with van der Waals surface area (Å²) in [5, 5.41) is 19.4. The quantitative estimate of drug-likeness (QED) is 0.755. The van der Waals surface area contributed by atoms with Gasteiger partial charge in [0.1, 0.15) is 17.8 Å². The van der Waals surface area contributed by atoms with Gasteiger partial charge < -0.3 is 10.2 Å². The number of fused-ring (bicyclic) bond motifs is 1. The molecule has 0 saturated carbocycles. The number of aromatic hydroxyl groups is 2. The van der Waals surface area contributed by atoms with Crippen LogP contribution in [0.1, 0.15) is 16.8 Å². The Morgan fingerprint density at radius 1 is 1.08 bits per heavy atom. The first-order valence-corrected chi connectivity index (χ1v) is 8.02. The highest BCUT2D eigenvalue weighted by atomic mass is 16.3. The molecule has 3 aromatic rings. The Morgan fingerprint density at radius 3 is 2.72 bits per heavy atom. The second-order valence-corrected chi connectivity index (χ2v) is 6.07. The summed E-state index contributed by atoms with van der Waals surface area (Å²) in [5.74, 6) is 0.821. The molecule has 1 aromatic carbocycles. The maximum absolute atomic E-state index is 9.96. The molecule has 1 aliphatic rings. The van der Waals surface area contributed by atoms with Crippen LogP contribution in [-0.2, 0) is 19.5 Å². The molecule has 7 nitrogen and oxygen atoms in total. The molecule has 3 heterocycles. The molecule has 2 aromatic heterocycles. The van der Waals surface area contributed by atoms with Gasteiger partial charge in [-0.3, -0.25) is 4.90 Å². The van der Waals surface area contributed by atoms with Crippen LogP contribution in [0.15, 0.2) is 43.1 Å². The topological polar surface area (TPSA) is 95.3 Å². The lowest BCUT2D eigenvalue weighted by atomic mass is 10.1. The van der Waals surface area contributed by atoms with Gasteiger partial charge in [-0.2, -0.15) is 0 Å². The summed E-state index contributed by atoms with van der Waals surface area (Å²) < 4.78 is 0. The summed E-state index contributed by atoms with van der Waals surface area (Å²) in [6.45, 7) is 2.18. The average molecular weight is 335 g/mol. The minimum Gasteiger partial charge on any atom is -0.508 e. The van der Waals surface area contributed by atoms with E-state index in [1.54, 1.807) is 24.5 Å². The Bertz CT molecular complexity index is 901. The standard InChI is InChI=1S/C18H17N5O2/c24-15-2-1-12(17(25)5-15)9-23-4-3-16-14(10-23)8-21-18(22-16)13-6-19-11-20-7-13/h1-2,5-8,11,24-25H,3-4,9-10H2. The minimum absolute atomic E-state index is 0.0658. The van der Waals surface area contributed by atoms with Gasteiger partial charge in [0.05, 0.1) is 11.3 Å². The highest BCUT2D eigenvalue weighted by Gasteiger charge is 2.20. The molecule has 0 spiro atoms. The largest absolute Gasteiger partial charge is 0.508 e. The smallest absolute Gasteiger partial charge is 0.162 e. The molecule has 0 bridgehead atoms. The SMILES string of the molecule is Oc1ccc(CN2CCc3nc(-c4cncnc4)ncc3C2)c(O)c1. The summed E-state index contributed by atoms with van der Waals surface area (Å²) in [6, 6.07) is 4.70. The predicted octanol–water partition coefficient (Wildman–Crippen LogP) is 1.90. The van der Waals surface area contributed by atoms with Crippen molar-refractivity contribution < 1.29 is 10.2 Å². The van der Waals surface area contributed by atoms with Crippen LogP contribution < -0.4 is 0 Å². The summed E-state index contributed by atoms with van der Waals surface area (Å²) >= 11 is 0. The van der Waals surface area contributed by atoms with E-state index >= 15 is 0 Å². The number of nitrogens with zero attached hydrogens (tertiary/aromatic N) is 5. The first-order chi connectivity index (χ1) is 12.2. The van der Waals surface area contributed by atoms with Crippen LogP contribution in [-0.4, -0.2) is 41.6 Å². The molecule has 0 saturated heterocycles. The van der Waals surface area contributed by atoms with Crippen LogP contribution in [0.4, 0.5) is 0 Å². The molecule has 0 amide bonds. The van der Waals surface area contributed by atoms with Gasteiger partial charge in [-0.15, -0.1) is 0 Å². The predicted molar refractivity (Wildman–Crippen MR) is 90.6 cm³/mol. The first kappa shape index (κ1) is 15.5. The number of aromatic nitrogens is 4. The normalized spacial score (nSPS) is 14.2. The van der Waals surface area contributed by atoms with E-state index in [9.17, 15) is 10.2 Å². The fourth-order valence-corrected chi connectivity index (χ4v) is 2.99. The van der Waals surface area contributed by atoms with Crippen molar-refractivity contribution in [1.82, 2.24) is 24.8 Å². The van der Waals surface area contributed by atoms with E-state index in [0.29, 0.717) is 12.4 Å². The molecule has 2 N–H and O–H groups in total. The number of benzene rings is 1. The Hall–Kier alpha value is -3.06. The monoisotopic (exact) mass is 335 g/mol. The molecule has 0 aliphatic carbocycles. The Balaban J connectivity index is 1.52. The van der Waals surface area contributed by atoms with Gasteiger partial charge >= 0.3 is 0 Å². The lowest BCUT2D eigenvalue weighted by molar-refractivity contribution is 0.239. The molecule has 4 rings (SSSR count). The molecule has 7 heteroatoms. The fourth-order valence-electron chi connectivity index (χ4n) is 2.99. The average Bonchev–Trinajstić information content (AvgIpc) is 2.64. The fraction of sp³-hybridized carbons (Fsp3) is 0.222. The van der Waals surface area contributed by atoms with Crippen LogP contribution in [0.3, 0.4) is 0 Å². The van der Waals surface area contributed by atoms with Crippen LogP contribution in [0.2, 0.25) is 0 Å². The number of hydrogen-bond donors (Lipinski definition) is 2. The Labute approximate surface area is 144 Å². The molecular weight excluding hydrogens is 318 g/mol. The second-order valence-electron chi connectivity index (χ2n) is 6.07. The molecule has 25 heavy (non-hydrogen) atoms. The van der Waals surface area contributed by atoms with Crippen molar-refractivity contribution in [3.05, 3.63) is 59.9 Å². The van der Waals surface area contributed by atoms with Crippen molar-refractivity contribution in [2.45, 2.75) is 19.5 Å². The third-order valence-corrected chi connectivity index (χ3v) is 4.29. The number of hydrogen-bond acceptors (Lipinski definition) is 7. The van der Waals surface area contributed by atoms with E-state index in [-0.39, 0.29) is 11.5 Å². The van der Waals surface area contributed by atoms with Crippen LogP contribution in [0, 0.1) is 0 Å². The Kier molecular flexibility index (Phi) is 3.99. The zero-order valence-corrected chi connectivity index (χ0v) is 13.5. The lowest BCUT2D eigenvalue weighted by Gasteiger charge is -2.28. The third-order valence-electron chi connectivity index (χ3n) is 4.29. The number of rotatable bonds is 3. The third kappa shape index (κ3) is 3.27. The van der Waals surface area contributed by atoms with Crippen molar-refractivity contribution in [2.24, 2.45) is 0 Å². The van der Waals surface area contributed by atoms with Gasteiger partial charge in [0.25, 0.3) is 0 Å². The van der Waals surface area contributed by atoms with Crippen molar-refractivity contribution in [2.75, 3.05) is 6.54 Å². The highest BCUT2D eigenvalue weighted by Crippen LogP contribution is 2.26. The zero-order chi connectivity index (χ0) is 17.2. The maximum atomic E-state index is 9.96. The summed E-state index contributed by atoms with van der Waals surface area (Å²) in [7, 11) is 0. The van der Waals surface area contributed by atoms with Crippen molar-refractivity contribution in [3.8, 4) is 22.9 Å². The van der Waals surface area contributed by atoms with Gasteiger partial charge in [0.2, 0.25) is 0 Å². The van der Waals surface area contributed by atoms with Crippen LogP contribution >= 0.6 is 0 Å². The zero-order valence-electron chi connectivity index (χ0n) is 13.5. The summed E-state index contributed by atoms with van der Waals surface area (Å²) in [5.41, 5.74) is 3.73. The van der Waals surface area contributed by atoms with Crippen LogP contribution in [0.5, 0.6) is 11.5 Å². The van der Waals surface area contributed by atoms with Crippen molar-refractivity contribution in [1.29, 1.82) is 0 Å². The molecule has 0 atom stereocenters. The maximum Gasteiger partial charge on any atom is 0.162 e. The molecule has 0 radical (unpaired) electrons. The van der Waals surface area contributed by atoms with Crippen LogP contribution in [0.25, 0.3) is 11.4 Å². The first-order valence-electron chi connectivity index (χ1n) is 8.02. The second kappa shape index (κ2) is 6.45. The number of phenols is 2. The number of phenolic OH excluding ortho intramolecular Hbond substituents is 2. The van der Waals surface area contributed by atoms with Crippen molar-refractivity contribution >= 4 is 0 Å². The molecule has 1 aliphatic heterocycles. The van der Waals surface area contributed by atoms with Crippen molar-refractivity contribution in [3.63, 3.8) is 0 Å². The molecule has 0 unspecified atom stereocenters. The molecule has 0 fully saturated rings. The minimum atomic E-state index is 0.0658. The van der Waals surface area contributed by atoms with E-state index in [1.807, 2.05) is 6.20 Å². The Morgan fingerprint density at radius 2 is 1.92 bits per heavy atom.